The van der Waals surface area contributed by atoms with Crippen LogP contribution in [0.5, 0.6) is 0 Å². The largest absolute Gasteiger partial charge is 0.375 e. The Balaban J connectivity index is 1.59. The van der Waals surface area contributed by atoms with Gasteiger partial charge in [0.15, 0.2) is 5.16 Å². The molecule has 1 aliphatic heterocycles. The molecule has 0 saturated carbocycles. The van der Waals surface area contributed by atoms with Gasteiger partial charge in [-0.15, -0.1) is 0 Å². The Hall–Kier alpha value is -1.53. The summed E-state index contributed by atoms with van der Waals surface area (Å²) in [6.07, 6.45) is 0.129. The smallest absolute Gasteiger partial charge is 0.233 e. The summed E-state index contributed by atoms with van der Waals surface area (Å²) in [6, 6.07) is 7.87. The first-order valence-electron chi connectivity index (χ1n) is 6.69. The third-order valence-corrected chi connectivity index (χ3v) is 4.15. The molecule has 6 heteroatoms. The summed E-state index contributed by atoms with van der Waals surface area (Å²) in [5, 5.41) is 0.792. The van der Waals surface area contributed by atoms with Gasteiger partial charge in [0.2, 0.25) is 5.91 Å². The van der Waals surface area contributed by atoms with Crippen LogP contribution in [0.2, 0.25) is 0 Å². The minimum Gasteiger partial charge on any atom is -0.375 e. The van der Waals surface area contributed by atoms with Gasteiger partial charge in [0, 0.05) is 13.1 Å². The lowest BCUT2D eigenvalue weighted by Crippen LogP contribution is -2.45. The number of rotatable bonds is 3. The molecule has 1 fully saturated rings. The molecule has 0 radical (unpaired) electrons. The molecule has 0 bridgehead atoms. The maximum atomic E-state index is 12.1. The maximum Gasteiger partial charge on any atom is 0.233 e. The SMILES string of the molecule is CC1CN(C(=O)CSc2nc3ccccc3[nH]2)CCO1. The molecule has 1 aromatic carbocycles. The lowest BCUT2D eigenvalue weighted by atomic mass is 10.3. The summed E-state index contributed by atoms with van der Waals surface area (Å²) in [5.41, 5.74) is 1.94. The Labute approximate surface area is 121 Å². The average molecular weight is 291 g/mol. The van der Waals surface area contributed by atoms with Crippen LogP contribution in [0.4, 0.5) is 0 Å². The van der Waals surface area contributed by atoms with E-state index in [1.165, 1.54) is 11.8 Å². The van der Waals surface area contributed by atoms with E-state index in [0.29, 0.717) is 25.4 Å². The van der Waals surface area contributed by atoms with E-state index >= 15 is 0 Å². The van der Waals surface area contributed by atoms with Crippen molar-refractivity contribution in [1.82, 2.24) is 14.9 Å². The Morgan fingerprint density at radius 1 is 1.55 bits per heavy atom. The molecule has 0 spiro atoms. The summed E-state index contributed by atoms with van der Waals surface area (Å²) in [4.78, 5) is 21.7. The fourth-order valence-electron chi connectivity index (χ4n) is 2.26. The zero-order chi connectivity index (χ0) is 13.9. The van der Waals surface area contributed by atoms with Crippen LogP contribution in [0.1, 0.15) is 6.92 Å². The van der Waals surface area contributed by atoms with Crippen molar-refractivity contribution < 1.29 is 9.53 Å². The van der Waals surface area contributed by atoms with Crippen LogP contribution in [0.25, 0.3) is 11.0 Å². The minimum absolute atomic E-state index is 0.129. The quantitative estimate of drug-likeness (QED) is 0.878. The van der Waals surface area contributed by atoms with Gasteiger partial charge >= 0.3 is 0 Å². The first kappa shape index (κ1) is 13.5. The first-order valence-corrected chi connectivity index (χ1v) is 7.68. The van der Waals surface area contributed by atoms with Crippen LogP contribution < -0.4 is 0 Å². The van der Waals surface area contributed by atoms with E-state index < -0.39 is 0 Å². The summed E-state index contributed by atoms with van der Waals surface area (Å²) >= 11 is 1.45. The van der Waals surface area contributed by atoms with Crippen molar-refractivity contribution in [3.63, 3.8) is 0 Å². The number of nitrogens with zero attached hydrogens (tertiary/aromatic N) is 2. The van der Waals surface area contributed by atoms with E-state index in [0.717, 1.165) is 16.2 Å². The van der Waals surface area contributed by atoms with Crippen molar-refractivity contribution in [1.29, 1.82) is 0 Å². The van der Waals surface area contributed by atoms with E-state index in [1.807, 2.05) is 36.1 Å². The normalized spacial score (nSPS) is 19.4. The predicted molar refractivity (Wildman–Crippen MR) is 78.8 cm³/mol. The van der Waals surface area contributed by atoms with Crippen LogP contribution in [0, 0.1) is 0 Å². The number of aromatic nitrogens is 2. The third-order valence-electron chi connectivity index (χ3n) is 3.29. The number of thioether (sulfide) groups is 1. The zero-order valence-electron chi connectivity index (χ0n) is 11.3. The molecule has 106 valence electrons. The van der Waals surface area contributed by atoms with Gasteiger partial charge in [-0.1, -0.05) is 23.9 Å². The number of imidazole rings is 1. The first-order chi connectivity index (χ1) is 9.72. The van der Waals surface area contributed by atoms with Crippen LogP contribution in [0.3, 0.4) is 0 Å². The van der Waals surface area contributed by atoms with Crippen molar-refractivity contribution in [3.8, 4) is 0 Å². The van der Waals surface area contributed by atoms with Crippen molar-refractivity contribution in [3.05, 3.63) is 24.3 Å². The molecular formula is C14H17N3O2S. The lowest BCUT2D eigenvalue weighted by molar-refractivity contribution is -0.135. The van der Waals surface area contributed by atoms with Crippen LogP contribution in [-0.4, -0.2) is 52.3 Å². The van der Waals surface area contributed by atoms with Crippen LogP contribution >= 0.6 is 11.8 Å². The van der Waals surface area contributed by atoms with Gasteiger partial charge in [-0.2, -0.15) is 0 Å². The third kappa shape index (κ3) is 2.96. The summed E-state index contributed by atoms with van der Waals surface area (Å²) in [5.74, 6) is 0.553. The fraction of sp³-hybridized carbons (Fsp3) is 0.429. The summed E-state index contributed by atoms with van der Waals surface area (Å²) in [6.45, 7) is 3.98. The van der Waals surface area contributed by atoms with Crippen molar-refractivity contribution in [2.24, 2.45) is 0 Å². The van der Waals surface area contributed by atoms with Gasteiger partial charge in [-0.3, -0.25) is 4.79 Å². The number of carbonyl (C=O) groups is 1. The highest BCUT2D eigenvalue weighted by Crippen LogP contribution is 2.19. The Kier molecular flexibility index (Phi) is 3.93. The number of hydrogen-bond donors (Lipinski definition) is 1. The van der Waals surface area contributed by atoms with Gasteiger partial charge in [-0.25, -0.2) is 4.98 Å². The number of nitrogens with one attached hydrogen (secondary N) is 1. The van der Waals surface area contributed by atoms with Crippen LogP contribution in [-0.2, 0) is 9.53 Å². The Bertz CT molecular complexity index is 580. The second-order valence-corrected chi connectivity index (χ2v) is 5.83. The Morgan fingerprint density at radius 3 is 3.20 bits per heavy atom. The van der Waals surface area contributed by atoms with Gasteiger partial charge in [0.1, 0.15) is 0 Å². The molecular weight excluding hydrogens is 274 g/mol. The number of para-hydroxylation sites is 2. The number of morpholine rings is 1. The predicted octanol–water partition coefficient (Wildman–Crippen LogP) is 1.90. The average Bonchev–Trinajstić information content (AvgIpc) is 2.87. The number of aromatic amines is 1. The number of carbonyl (C=O) groups excluding carboxylic acids is 1. The molecule has 0 aliphatic carbocycles. The topological polar surface area (TPSA) is 58.2 Å². The van der Waals surface area contributed by atoms with E-state index in [9.17, 15) is 4.79 Å². The number of H-pyrrole nitrogens is 1. The molecule has 1 unspecified atom stereocenters. The van der Waals surface area contributed by atoms with Crippen LogP contribution in [0.15, 0.2) is 29.4 Å². The lowest BCUT2D eigenvalue weighted by Gasteiger charge is -2.31. The van der Waals surface area contributed by atoms with E-state index in [-0.39, 0.29) is 12.0 Å². The molecule has 1 atom stereocenters. The van der Waals surface area contributed by atoms with Gasteiger partial charge in [-0.05, 0) is 19.1 Å². The molecule has 1 saturated heterocycles. The van der Waals surface area contributed by atoms with Gasteiger partial charge in [0.05, 0.1) is 29.5 Å². The fourth-order valence-corrected chi connectivity index (χ4v) is 3.05. The van der Waals surface area contributed by atoms with Crippen molar-refractivity contribution in [2.75, 3.05) is 25.4 Å². The maximum absolute atomic E-state index is 12.1. The van der Waals surface area contributed by atoms with Gasteiger partial charge < -0.3 is 14.6 Å². The highest BCUT2D eigenvalue weighted by molar-refractivity contribution is 7.99. The number of fused-ring (bicyclic) bond motifs is 1. The number of ether oxygens (including phenoxy) is 1. The van der Waals surface area contributed by atoms with Crippen molar-refractivity contribution in [2.45, 2.75) is 18.2 Å². The standard InChI is InChI=1S/C14H17N3O2S/c1-10-8-17(6-7-19-10)13(18)9-20-14-15-11-4-2-3-5-12(11)16-14/h2-5,10H,6-9H2,1H3,(H,15,16). The molecule has 5 nitrogen and oxygen atoms in total. The minimum atomic E-state index is 0.129. The number of hydrogen-bond acceptors (Lipinski definition) is 4. The molecule has 1 amide bonds. The van der Waals surface area contributed by atoms with Gasteiger partial charge in [0.25, 0.3) is 0 Å². The van der Waals surface area contributed by atoms with E-state index in [2.05, 4.69) is 9.97 Å². The second kappa shape index (κ2) is 5.85. The Morgan fingerprint density at radius 2 is 2.40 bits per heavy atom. The van der Waals surface area contributed by atoms with E-state index in [4.69, 9.17) is 4.74 Å². The molecule has 2 heterocycles. The molecule has 1 N–H and O–H groups in total. The molecule has 1 aromatic heterocycles. The van der Waals surface area contributed by atoms with Crippen molar-refractivity contribution >= 4 is 28.7 Å². The zero-order valence-corrected chi connectivity index (χ0v) is 12.2. The van der Waals surface area contributed by atoms with E-state index in [1.54, 1.807) is 0 Å². The molecule has 20 heavy (non-hydrogen) atoms. The number of benzene rings is 1. The second-order valence-electron chi connectivity index (χ2n) is 4.87. The highest BCUT2D eigenvalue weighted by Gasteiger charge is 2.21. The molecule has 1 aliphatic rings. The summed E-state index contributed by atoms with van der Waals surface area (Å²) in [7, 11) is 0. The number of amides is 1. The molecule has 2 aromatic rings. The molecule has 3 rings (SSSR count). The monoisotopic (exact) mass is 291 g/mol. The summed E-state index contributed by atoms with van der Waals surface area (Å²) < 4.78 is 5.44. The highest BCUT2D eigenvalue weighted by atomic mass is 32.2.